The van der Waals surface area contributed by atoms with Gasteiger partial charge in [-0.3, -0.25) is 10.1 Å². The zero-order chi connectivity index (χ0) is 22.6. The van der Waals surface area contributed by atoms with Crippen molar-refractivity contribution in [1.29, 1.82) is 0 Å². The lowest BCUT2D eigenvalue weighted by atomic mass is 9.91. The fourth-order valence-corrected chi connectivity index (χ4v) is 4.60. The van der Waals surface area contributed by atoms with Gasteiger partial charge in [-0.25, -0.2) is 4.79 Å². The molecule has 0 aromatic heterocycles. The highest BCUT2D eigenvalue weighted by molar-refractivity contribution is 6.76. The Morgan fingerprint density at radius 3 is 2.32 bits per heavy atom. The van der Waals surface area contributed by atoms with E-state index in [-0.39, 0.29) is 17.6 Å². The third-order valence-corrected chi connectivity index (χ3v) is 7.38. The van der Waals surface area contributed by atoms with Gasteiger partial charge in [-0.15, -0.1) is 0 Å². The number of nitrogens with zero attached hydrogens (tertiary/aromatic N) is 2. The number of anilines is 1. The van der Waals surface area contributed by atoms with E-state index in [1.165, 1.54) is 12.1 Å². The minimum atomic E-state index is -1.32. The van der Waals surface area contributed by atoms with Crippen LogP contribution in [0.3, 0.4) is 0 Å². The van der Waals surface area contributed by atoms with Crippen LogP contribution in [0, 0.1) is 10.1 Å². The number of hydrogen-bond acceptors (Lipinski definition) is 6. The van der Waals surface area contributed by atoms with Gasteiger partial charge in [0.25, 0.3) is 5.69 Å². The van der Waals surface area contributed by atoms with Gasteiger partial charge in [-0.1, -0.05) is 31.8 Å². The van der Waals surface area contributed by atoms with Crippen molar-refractivity contribution in [3.63, 3.8) is 0 Å². The first-order valence-electron chi connectivity index (χ1n) is 10.5. The van der Waals surface area contributed by atoms with E-state index in [1.807, 2.05) is 29.2 Å². The first-order valence-corrected chi connectivity index (χ1v) is 14.2. The normalized spacial score (nSPS) is 18.6. The molecule has 2 atom stereocenters. The molecule has 2 aromatic rings. The van der Waals surface area contributed by atoms with Crippen molar-refractivity contribution in [2.45, 2.75) is 44.1 Å². The van der Waals surface area contributed by atoms with Gasteiger partial charge in [0, 0.05) is 38.4 Å². The van der Waals surface area contributed by atoms with E-state index in [9.17, 15) is 14.9 Å². The molecule has 1 saturated heterocycles. The van der Waals surface area contributed by atoms with Crippen molar-refractivity contribution >= 4 is 25.4 Å². The molecule has 0 radical (unpaired) electrons. The van der Waals surface area contributed by atoms with E-state index < -0.39 is 19.0 Å². The van der Waals surface area contributed by atoms with Crippen molar-refractivity contribution in [3.8, 4) is 5.75 Å². The first kappa shape index (κ1) is 22.8. The topological polar surface area (TPSA) is 81.9 Å². The lowest BCUT2D eigenvalue weighted by Crippen LogP contribution is -2.41. The van der Waals surface area contributed by atoms with Gasteiger partial charge < -0.3 is 14.4 Å². The Morgan fingerprint density at radius 2 is 1.77 bits per heavy atom. The molecule has 7 nitrogen and oxygen atoms in total. The fraction of sp³-hybridized carbons (Fsp3) is 0.435. The molecule has 0 amide bonds. The van der Waals surface area contributed by atoms with Crippen molar-refractivity contribution in [2.75, 3.05) is 25.2 Å². The number of nitro groups is 1. The Labute approximate surface area is 184 Å². The number of benzene rings is 2. The molecule has 3 rings (SSSR count). The van der Waals surface area contributed by atoms with E-state index in [4.69, 9.17) is 9.47 Å². The molecule has 1 fully saturated rings. The first-order chi connectivity index (χ1) is 14.7. The second kappa shape index (κ2) is 9.51. The summed E-state index contributed by atoms with van der Waals surface area (Å²) in [6, 6.07) is 14.6. The highest BCUT2D eigenvalue weighted by Gasteiger charge is 2.41. The van der Waals surface area contributed by atoms with Crippen LogP contribution in [0.25, 0.3) is 0 Å². The van der Waals surface area contributed by atoms with Gasteiger partial charge in [-0.05, 0) is 42.3 Å². The molecule has 1 heterocycles. The number of methoxy groups -OCH3 is 1. The number of nitro benzene ring substituents is 1. The molecular formula is C23H30N2O5Si. The zero-order valence-electron chi connectivity index (χ0n) is 18.5. The molecule has 1 aliphatic heterocycles. The Morgan fingerprint density at radius 1 is 1.13 bits per heavy atom. The van der Waals surface area contributed by atoms with Gasteiger partial charge in [0.2, 0.25) is 0 Å². The SMILES string of the molecule is COc1ccc([C@H]2CCN(c3ccc([N+](=O)[O-])cc3)[C@H]2C(=O)OCC[Si](C)(C)C)cc1. The number of carbonyl (C=O) groups excluding carboxylic acids is 1. The molecule has 0 N–H and O–H groups in total. The number of non-ortho nitro benzene ring substituents is 1. The van der Waals surface area contributed by atoms with Crippen LogP contribution in [0.2, 0.25) is 25.7 Å². The minimum Gasteiger partial charge on any atom is -0.497 e. The molecule has 31 heavy (non-hydrogen) atoms. The van der Waals surface area contributed by atoms with Crippen LogP contribution in [0.1, 0.15) is 17.9 Å². The van der Waals surface area contributed by atoms with Gasteiger partial charge in [0.05, 0.1) is 18.6 Å². The highest BCUT2D eigenvalue weighted by atomic mass is 28.3. The van der Waals surface area contributed by atoms with Crippen molar-refractivity contribution < 1.29 is 19.2 Å². The summed E-state index contributed by atoms with van der Waals surface area (Å²) < 4.78 is 11.0. The van der Waals surface area contributed by atoms with Crippen LogP contribution in [0.4, 0.5) is 11.4 Å². The Balaban J connectivity index is 1.86. The van der Waals surface area contributed by atoms with E-state index in [1.54, 1.807) is 19.2 Å². The highest BCUT2D eigenvalue weighted by Crippen LogP contribution is 2.38. The quantitative estimate of drug-likeness (QED) is 0.252. The third kappa shape index (κ3) is 5.64. The van der Waals surface area contributed by atoms with Crippen LogP contribution in [-0.4, -0.2) is 45.3 Å². The van der Waals surface area contributed by atoms with E-state index >= 15 is 0 Å². The largest absolute Gasteiger partial charge is 0.497 e. The summed E-state index contributed by atoms with van der Waals surface area (Å²) in [7, 11) is 0.303. The van der Waals surface area contributed by atoms with Crippen molar-refractivity contribution in [3.05, 3.63) is 64.2 Å². The summed E-state index contributed by atoms with van der Waals surface area (Å²) in [5.74, 6) is 0.499. The number of esters is 1. The zero-order valence-corrected chi connectivity index (χ0v) is 19.5. The molecule has 0 unspecified atom stereocenters. The molecule has 1 aliphatic rings. The molecule has 166 valence electrons. The molecule has 0 bridgehead atoms. The molecule has 2 aromatic carbocycles. The summed E-state index contributed by atoms with van der Waals surface area (Å²) >= 11 is 0. The van der Waals surface area contributed by atoms with E-state index in [0.717, 1.165) is 29.5 Å². The standard InChI is InChI=1S/C23H30N2O5Si/c1-29-20-11-5-17(6-12-20)21-13-14-24(18-7-9-19(10-8-18)25(27)28)22(21)23(26)30-15-16-31(2,3)4/h5-12,21-22H,13-16H2,1-4H3/t21-,22-/m1/s1. The smallest absolute Gasteiger partial charge is 0.329 e. The Hall–Kier alpha value is -2.87. The molecule has 8 heteroatoms. The second-order valence-corrected chi connectivity index (χ2v) is 14.7. The predicted molar refractivity (Wildman–Crippen MR) is 124 cm³/mol. The summed E-state index contributed by atoms with van der Waals surface area (Å²) in [6.07, 6.45) is 0.789. The fourth-order valence-electron chi connectivity index (χ4n) is 3.88. The maximum atomic E-state index is 13.2. The van der Waals surface area contributed by atoms with Crippen molar-refractivity contribution in [2.24, 2.45) is 0 Å². The lowest BCUT2D eigenvalue weighted by molar-refractivity contribution is -0.384. The van der Waals surface area contributed by atoms with Gasteiger partial charge in [-0.2, -0.15) is 0 Å². The Bertz CT molecular complexity index is 909. The number of ether oxygens (including phenoxy) is 2. The summed E-state index contributed by atoms with van der Waals surface area (Å²) in [5.41, 5.74) is 1.87. The average Bonchev–Trinajstić information content (AvgIpc) is 3.18. The maximum absolute atomic E-state index is 13.2. The lowest BCUT2D eigenvalue weighted by Gasteiger charge is -2.29. The van der Waals surface area contributed by atoms with Crippen LogP contribution in [0.5, 0.6) is 5.75 Å². The van der Waals surface area contributed by atoms with Crippen LogP contribution < -0.4 is 9.64 Å². The maximum Gasteiger partial charge on any atom is 0.329 e. The minimum absolute atomic E-state index is 0.0273. The molecular weight excluding hydrogens is 412 g/mol. The monoisotopic (exact) mass is 442 g/mol. The number of hydrogen-bond donors (Lipinski definition) is 0. The van der Waals surface area contributed by atoms with E-state index in [0.29, 0.717) is 13.2 Å². The Kier molecular flexibility index (Phi) is 7.00. The van der Waals surface area contributed by atoms with Crippen molar-refractivity contribution in [1.82, 2.24) is 0 Å². The second-order valence-electron chi connectivity index (χ2n) is 9.06. The number of rotatable bonds is 8. The van der Waals surface area contributed by atoms with E-state index in [2.05, 4.69) is 19.6 Å². The molecule has 0 aliphatic carbocycles. The molecule has 0 saturated carbocycles. The van der Waals surface area contributed by atoms with Gasteiger partial charge in [0.1, 0.15) is 11.8 Å². The predicted octanol–water partition coefficient (Wildman–Crippen LogP) is 4.85. The summed E-state index contributed by atoms with van der Waals surface area (Å²) in [5, 5.41) is 11.0. The molecule has 0 spiro atoms. The number of carbonyl (C=O) groups is 1. The summed E-state index contributed by atoms with van der Waals surface area (Å²) in [6.45, 7) is 7.84. The van der Waals surface area contributed by atoms with Gasteiger partial charge >= 0.3 is 5.97 Å². The summed E-state index contributed by atoms with van der Waals surface area (Å²) in [4.78, 5) is 25.8. The third-order valence-electron chi connectivity index (χ3n) is 5.67. The van der Waals surface area contributed by atoms with Crippen LogP contribution in [0.15, 0.2) is 48.5 Å². The van der Waals surface area contributed by atoms with Crippen LogP contribution in [-0.2, 0) is 9.53 Å². The average molecular weight is 443 g/mol. The van der Waals surface area contributed by atoms with Crippen LogP contribution >= 0.6 is 0 Å². The van der Waals surface area contributed by atoms with Gasteiger partial charge in [0.15, 0.2) is 0 Å².